The molecule has 2 aromatic carbocycles. The van der Waals surface area contributed by atoms with Crippen molar-refractivity contribution in [3.8, 4) is 0 Å². The van der Waals surface area contributed by atoms with Crippen LogP contribution in [0.15, 0.2) is 30.3 Å². The molecule has 0 radical (unpaired) electrons. The average Bonchev–Trinajstić information content (AvgIpc) is 2.29. The summed E-state index contributed by atoms with van der Waals surface area (Å²) in [4.78, 5) is 10.5. The van der Waals surface area contributed by atoms with Gasteiger partial charge in [-0.25, -0.2) is 0 Å². The van der Waals surface area contributed by atoms with E-state index in [-0.39, 0.29) is 5.69 Å². The van der Waals surface area contributed by atoms with Gasteiger partial charge in [-0.15, -0.1) is 0 Å². The topological polar surface area (TPSA) is 81.2 Å². The van der Waals surface area contributed by atoms with Crippen LogP contribution in [0.25, 0.3) is 10.8 Å². The minimum absolute atomic E-state index is 0.0344. The predicted octanol–water partition coefficient (Wildman–Crippen LogP) is 2.37. The van der Waals surface area contributed by atoms with Crippen LogP contribution < -0.4 is 11.1 Å². The molecule has 0 atom stereocenters. The van der Waals surface area contributed by atoms with Gasteiger partial charge in [0.2, 0.25) is 0 Å². The Morgan fingerprint density at radius 3 is 2.69 bits per heavy atom. The van der Waals surface area contributed by atoms with Gasteiger partial charge in [-0.3, -0.25) is 10.1 Å². The lowest BCUT2D eigenvalue weighted by Crippen LogP contribution is -1.97. The van der Waals surface area contributed by atoms with E-state index in [0.29, 0.717) is 11.1 Å². The highest BCUT2D eigenvalue weighted by Crippen LogP contribution is 2.34. The average molecular weight is 217 g/mol. The van der Waals surface area contributed by atoms with Crippen LogP contribution in [0.5, 0.6) is 0 Å². The molecular weight excluding hydrogens is 206 g/mol. The number of nitrogens with two attached hydrogens (primary N) is 1. The van der Waals surface area contributed by atoms with Crippen molar-refractivity contribution in [2.45, 2.75) is 0 Å². The summed E-state index contributed by atoms with van der Waals surface area (Å²) in [5, 5.41) is 15.1. The molecule has 0 fully saturated rings. The predicted molar refractivity (Wildman–Crippen MR) is 64.6 cm³/mol. The minimum atomic E-state index is -0.419. The van der Waals surface area contributed by atoms with Gasteiger partial charge in [0, 0.05) is 29.9 Å². The molecule has 82 valence electrons. The van der Waals surface area contributed by atoms with Crippen molar-refractivity contribution in [3.05, 3.63) is 40.4 Å². The molecule has 0 unspecified atom stereocenters. The number of benzene rings is 2. The summed E-state index contributed by atoms with van der Waals surface area (Å²) in [6.45, 7) is 0. The zero-order valence-corrected chi connectivity index (χ0v) is 8.73. The van der Waals surface area contributed by atoms with Gasteiger partial charge in [0.1, 0.15) is 0 Å². The molecule has 0 heterocycles. The zero-order chi connectivity index (χ0) is 11.7. The maximum atomic E-state index is 10.9. The number of nitro groups is 1. The summed E-state index contributed by atoms with van der Waals surface area (Å²) >= 11 is 0. The number of nitrogens with one attached hydrogen (secondary N) is 1. The van der Waals surface area contributed by atoms with Crippen LogP contribution in [0.4, 0.5) is 17.1 Å². The molecule has 2 aromatic rings. The van der Waals surface area contributed by atoms with Crippen LogP contribution in [0, 0.1) is 10.1 Å². The SMILES string of the molecule is CNc1ccc(N)c2c([N+](=O)[O-])cccc12. The molecule has 0 amide bonds. The summed E-state index contributed by atoms with van der Waals surface area (Å²) < 4.78 is 0. The molecule has 0 saturated carbocycles. The first kappa shape index (κ1) is 10.2. The van der Waals surface area contributed by atoms with Gasteiger partial charge in [-0.2, -0.15) is 0 Å². The van der Waals surface area contributed by atoms with Gasteiger partial charge in [0.25, 0.3) is 5.69 Å². The normalized spacial score (nSPS) is 10.3. The third kappa shape index (κ3) is 1.42. The lowest BCUT2D eigenvalue weighted by atomic mass is 10.1. The van der Waals surface area contributed by atoms with Crippen LogP contribution in [0.2, 0.25) is 0 Å². The van der Waals surface area contributed by atoms with Crippen molar-refractivity contribution in [2.75, 3.05) is 18.1 Å². The van der Waals surface area contributed by atoms with Crippen LogP contribution in [-0.2, 0) is 0 Å². The van der Waals surface area contributed by atoms with Crippen molar-refractivity contribution in [3.63, 3.8) is 0 Å². The number of hydrogen-bond donors (Lipinski definition) is 2. The summed E-state index contributed by atoms with van der Waals surface area (Å²) in [5.74, 6) is 0. The summed E-state index contributed by atoms with van der Waals surface area (Å²) in [6.07, 6.45) is 0. The van der Waals surface area contributed by atoms with Crippen LogP contribution in [0.3, 0.4) is 0 Å². The van der Waals surface area contributed by atoms with E-state index in [1.165, 1.54) is 6.07 Å². The Morgan fingerprint density at radius 2 is 2.06 bits per heavy atom. The highest BCUT2D eigenvalue weighted by molar-refractivity contribution is 6.06. The van der Waals surface area contributed by atoms with E-state index in [9.17, 15) is 10.1 Å². The quantitative estimate of drug-likeness (QED) is 0.459. The van der Waals surface area contributed by atoms with Gasteiger partial charge in [-0.1, -0.05) is 12.1 Å². The number of nitrogens with zero attached hydrogens (tertiary/aromatic N) is 1. The van der Waals surface area contributed by atoms with E-state index in [1.54, 1.807) is 25.2 Å². The number of non-ortho nitro benzene ring substituents is 1. The third-order valence-electron chi connectivity index (χ3n) is 2.52. The van der Waals surface area contributed by atoms with E-state index < -0.39 is 4.92 Å². The summed E-state index contributed by atoms with van der Waals surface area (Å²) in [6, 6.07) is 8.39. The maximum absolute atomic E-state index is 10.9. The monoisotopic (exact) mass is 217 g/mol. The van der Waals surface area contributed by atoms with E-state index >= 15 is 0 Å². The number of hydrogen-bond acceptors (Lipinski definition) is 4. The van der Waals surface area contributed by atoms with Gasteiger partial charge in [0.15, 0.2) is 0 Å². The number of rotatable bonds is 2. The molecule has 0 aliphatic carbocycles. The Balaban J connectivity index is 2.91. The second kappa shape index (κ2) is 3.69. The molecular formula is C11H11N3O2. The van der Waals surface area contributed by atoms with Crippen molar-refractivity contribution in [1.82, 2.24) is 0 Å². The Hall–Kier alpha value is -2.30. The lowest BCUT2D eigenvalue weighted by Gasteiger charge is -2.08. The fourth-order valence-electron chi connectivity index (χ4n) is 1.78. The Morgan fingerprint density at radius 1 is 1.31 bits per heavy atom. The molecule has 2 rings (SSSR count). The van der Waals surface area contributed by atoms with Crippen molar-refractivity contribution < 1.29 is 4.92 Å². The fraction of sp³-hybridized carbons (Fsp3) is 0.0909. The van der Waals surface area contributed by atoms with Crippen LogP contribution >= 0.6 is 0 Å². The van der Waals surface area contributed by atoms with Crippen molar-refractivity contribution in [1.29, 1.82) is 0 Å². The van der Waals surface area contributed by atoms with E-state index in [2.05, 4.69) is 5.32 Å². The first-order valence-electron chi connectivity index (χ1n) is 4.78. The summed E-state index contributed by atoms with van der Waals surface area (Å²) in [7, 11) is 1.77. The number of anilines is 2. The van der Waals surface area contributed by atoms with E-state index in [0.717, 1.165) is 11.1 Å². The van der Waals surface area contributed by atoms with Crippen LogP contribution in [-0.4, -0.2) is 12.0 Å². The highest BCUT2D eigenvalue weighted by Gasteiger charge is 2.15. The molecule has 3 N–H and O–H groups in total. The molecule has 0 aromatic heterocycles. The van der Waals surface area contributed by atoms with Gasteiger partial charge < -0.3 is 11.1 Å². The Labute approximate surface area is 92.0 Å². The van der Waals surface area contributed by atoms with E-state index in [1.807, 2.05) is 6.07 Å². The number of nitrogen functional groups attached to an aromatic ring is 1. The molecule has 0 aliphatic rings. The molecule has 0 bridgehead atoms. The van der Waals surface area contributed by atoms with Gasteiger partial charge >= 0.3 is 0 Å². The zero-order valence-electron chi connectivity index (χ0n) is 8.73. The third-order valence-corrected chi connectivity index (χ3v) is 2.52. The molecule has 5 nitrogen and oxygen atoms in total. The number of fused-ring (bicyclic) bond motifs is 1. The van der Waals surface area contributed by atoms with Crippen LogP contribution in [0.1, 0.15) is 0 Å². The largest absolute Gasteiger partial charge is 0.398 e. The first-order chi connectivity index (χ1) is 7.65. The Kier molecular flexibility index (Phi) is 2.36. The highest BCUT2D eigenvalue weighted by atomic mass is 16.6. The molecule has 16 heavy (non-hydrogen) atoms. The minimum Gasteiger partial charge on any atom is -0.398 e. The smallest absolute Gasteiger partial charge is 0.279 e. The van der Waals surface area contributed by atoms with Crippen molar-refractivity contribution in [2.24, 2.45) is 0 Å². The fourth-order valence-corrected chi connectivity index (χ4v) is 1.78. The Bertz CT molecular complexity index is 566. The van der Waals surface area contributed by atoms with Gasteiger partial charge in [-0.05, 0) is 12.1 Å². The molecule has 0 aliphatic heterocycles. The summed E-state index contributed by atoms with van der Waals surface area (Å²) in [5.41, 5.74) is 7.07. The standard InChI is InChI=1S/C11H11N3O2/c1-13-9-6-5-8(12)11-7(9)3-2-4-10(11)14(15)16/h2-6,13H,12H2,1H3. The second-order valence-corrected chi connectivity index (χ2v) is 3.41. The second-order valence-electron chi connectivity index (χ2n) is 3.41. The lowest BCUT2D eigenvalue weighted by molar-refractivity contribution is -0.383. The number of nitro benzene ring substituents is 1. The molecule has 0 saturated heterocycles. The first-order valence-corrected chi connectivity index (χ1v) is 4.78. The molecule has 5 heteroatoms. The van der Waals surface area contributed by atoms with E-state index in [4.69, 9.17) is 5.73 Å². The van der Waals surface area contributed by atoms with Gasteiger partial charge in [0.05, 0.1) is 10.3 Å². The maximum Gasteiger partial charge on any atom is 0.279 e. The molecule has 0 spiro atoms. The van der Waals surface area contributed by atoms with Crippen molar-refractivity contribution >= 4 is 27.8 Å².